The van der Waals surface area contributed by atoms with Gasteiger partial charge < -0.3 is 15.2 Å². The van der Waals surface area contributed by atoms with E-state index in [9.17, 15) is 9.90 Å². The van der Waals surface area contributed by atoms with Gasteiger partial charge in [0.05, 0.1) is 17.5 Å². The van der Waals surface area contributed by atoms with E-state index in [-0.39, 0.29) is 23.1 Å². The van der Waals surface area contributed by atoms with Crippen molar-refractivity contribution in [2.24, 2.45) is 11.1 Å². The highest BCUT2D eigenvalue weighted by Crippen LogP contribution is 2.20. The van der Waals surface area contributed by atoms with Crippen LogP contribution in [0.1, 0.15) is 23.7 Å². The zero-order chi connectivity index (χ0) is 13.1. The minimum absolute atomic E-state index is 0.0247. The van der Waals surface area contributed by atoms with E-state index in [2.05, 4.69) is 10.1 Å². The molecule has 1 aromatic heterocycles. The number of hydrogen-bond donors (Lipinski definition) is 2. The molecule has 1 saturated heterocycles. The van der Waals surface area contributed by atoms with Crippen LogP contribution in [0.3, 0.4) is 0 Å². The normalized spacial score (nSPS) is 22.2. The zero-order valence-electron chi connectivity index (χ0n) is 10.1. The monoisotopic (exact) mass is 249 g/mol. The van der Waals surface area contributed by atoms with E-state index in [1.807, 2.05) is 6.92 Å². The van der Waals surface area contributed by atoms with Crippen LogP contribution in [0.5, 0.6) is 5.75 Å². The van der Waals surface area contributed by atoms with Gasteiger partial charge in [0.25, 0.3) is 5.91 Å². The fourth-order valence-corrected chi connectivity index (χ4v) is 2.09. The average Bonchev–Trinajstić information content (AvgIpc) is 2.38. The second-order valence-electron chi connectivity index (χ2n) is 4.39. The molecule has 2 heterocycles. The van der Waals surface area contributed by atoms with Gasteiger partial charge >= 0.3 is 0 Å². The van der Waals surface area contributed by atoms with Crippen LogP contribution in [0, 0.1) is 5.92 Å². The van der Waals surface area contributed by atoms with E-state index in [1.54, 1.807) is 4.90 Å². The minimum atomic E-state index is -0.223. The van der Waals surface area contributed by atoms with E-state index < -0.39 is 0 Å². The van der Waals surface area contributed by atoms with Gasteiger partial charge in [-0.3, -0.25) is 9.78 Å². The number of carbonyl (C=O) groups excluding carboxylic acids is 1. The second kappa shape index (κ2) is 5.03. The van der Waals surface area contributed by atoms with E-state index in [1.165, 1.54) is 18.5 Å². The first kappa shape index (κ1) is 12.3. The molecule has 2 rings (SSSR count). The molecule has 0 radical (unpaired) electrons. The molecule has 0 spiro atoms. The molecule has 18 heavy (non-hydrogen) atoms. The molecule has 0 aromatic carbocycles. The van der Waals surface area contributed by atoms with Crippen LogP contribution in [-0.4, -0.2) is 44.9 Å². The predicted octanol–water partition coefficient (Wildman–Crippen LogP) is 1.10. The van der Waals surface area contributed by atoms with Crippen LogP contribution in [-0.2, 0) is 0 Å². The van der Waals surface area contributed by atoms with Gasteiger partial charge in [-0.2, -0.15) is 0 Å². The molecule has 0 bridgehead atoms. The second-order valence-corrected chi connectivity index (χ2v) is 4.39. The summed E-state index contributed by atoms with van der Waals surface area (Å²) in [6.45, 7) is 2.88. The Bertz CT molecular complexity index is 487. The Labute approximate surface area is 105 Å². The Morgan fingerprint density at radius 1 is 1.61 bits per heavy atom. The summed E-state index contributed by atoms with van der Waals surface area (Å²) >= 11 is 0. The van der Waals surface area contributed by atoms with Crippen molar-refractivity contribution in [1.82, 2.24) is 9.88 Å². The molecule has 1 aromatic rings. The number of rotatable bonds is 1. The summed E-state index contributed by atoms with van der Waals surface area (Å²) in [6, 6.07) is 1.50. The number of carbonyl (C=O) groups is 1. The maximum atomic E-state index is 12.2. The highest BCUT2D eigenvalue weighted by Gasteiger charge is 2.27. The first-order valence-corrected chi connectivity index (χ1v) is 5.76. The van der Waals surface area contributed by atoms with E-state index in [4.69, 9.17) is 5.21 Å². The number of aromatic hydroxyl groups is 1. The van der Waals surface area contributed by atoms with Crippen LogP contribution in [0.2, 0.25) is 0 Å². The number of likely N-dealkylation sites (tertiary alicyclic amines) is 1. The maximum Gasteiger partial charge on any atom is 0.257 e. The Morgan fingerprint density at radius 3 is 3.00 bits per heavy atom. The fraction of sp³-hybridized carbons (Fsp3) is 0.417. The largest absolute Gasteiger partial charge is 0.505 e. The van der Waals surface area contributed by atoms with Gasteiger partial charge in [0.1, 0.15) is 5.75 Å². The molecule has 1 unspecified atom stereocenters. The van der Waals surface area contributed by atoms with Crippen LogP contribution >= 0.6 is 0 Å². The minimum Gasteiger partial charge on any atom is -0.505 e. The molecule has 1 fully saturated rings. The van der Waals surface area contributed by atoms with Crippen molar-refractivity contribution in [2.75, 3.05) is 13.1 Å². The van der Waals surface area contributed by atoms with Crippen molar-refractivity contribution >= 4 is 11.6 Å². The van der Waals surface area contributed by atoms with Crippen molar-refractivity contribution in [2.45, 2.75) is 13.3 Å². The molecular formula is C12H15N3O3. The van der Waals surface area contributed by atoms with Gasteiger partial charge in [0, 0.05) is 31.6 Å². The Hall–Kier alpha value is -2.11. The van der Waals surface area contributed by atoms with E-state index in [0.717, 1.165) is 0 Å². The summed E-state index contributed by atoms with van der Waals surface area (Å²) in [5.41, 5.74) is 0.958. The lowest BCUT2D eigenvalue weighted by atomic mass is 9.97. The molecule has 0 aliphatic carbocycles. The molecule has 2 N–H and O–H groups in total. The molecule has 6 heteroatoms. The zero-order valence-corrected chi connectivity index (χ0v) is 10.1. The molecule has 0 saturated carbocycles. The lowest BCUT2D eigenvalue weighted by Crippen LogP contribution is -2.43. The lowest BCUT2D eigenvalue weighted by molar-refractivity contribution is 0.0730. The molecule has 1 aliphatic rings. The fourth-order valence-electron chi connectivity index (χ4n) is 2.09. The Kier molecular flexibility index (Phi) is 3.45. The van der Waals surface area contributed by atoms with Crippen LogP contribution in [0.15, 0.2) is 23.6 Å². The third-order valence-electron chi connectivity index (χ3n) is 3.15. The number of oxime groups is 1. The number of amides is 1. The highest BCUT2D eigenvalue weighted by atomic mass is 16.4. The lowest BCUT2D eigenvalue weighted by Gasteiger charge is -2.31. The smallest absolute Gasteiger partial charge is 0.257 e. The van der Waals surface area contributed by atoms with Gasteiger partial charge in [-0.05, 0) is 6.07 Å². The molecule has 96 valence electrons. The van der Waals surface area contributed by atoms with Crippen molar-refractivity contribution in [1.29, 1.82) is 0 Å². The molecule has 1 atom stereocenters. The molecule has 1 aliphatic heterocycles. The van der Waals surface area contributed by atoms with Crippen molar-refractivity contribution in [3.05, 3.63) is 24.0 Å². The van der Waals surface area contributed by atoms with Gasteiger partial charge in [-0.25, -0.2) is 0 Å². The van der Waals surface area contributed by atoms with Crippen LogP contribution in [0.25, 0.3) is 0 Å². The summed E-state index contributed by atoms with van der Waals surface area (Å²) in [5, 5.41) is 21.6. The summed E-state index contributed by atoms with van der Waals surface area (Å²) in [4.78, 5) is 17.6. The number of aromatic nitrogens is 1. The molecule has 1 amide bonds. The van der Waals surface area contributed by atoms with Gasteiger partial charge in [0.2, 0.25) is 0 Å². The Balaban J connectivity index is 2.15. The number of pyridine rings is 1. The van der Waals surface area contributed by atoms with Gasteiger partial charge in [-0.15, -0.1) is 0 Å². The number of nitrogens with zero attached hydrogens (tertiary/aromatic N) is 3. The maximum absolute atomic E-state index is 12.2. The molecule has 6 nitrogen and oxygen atoms in total. The van der Waals surface area contributed by atoms with Crippen molar-refractivity contribution in [3.8, 4) is 5.75 Å². The van der Waals surface area contributed by atoms with Gasteiger partial charge in [-0.1, -0.05) is 12.1 Å². The van der Waals surface area contributed by atoms with E-state index >= 15 is 0 Å². The standard InChI is InChI=1S/C12H15N3O3/c1-8-7-15(5-3-10(8)14-18)12(17)9-2-4-13-6-11(9)16/h2,4,6,8,16,18H,3,5,7H2,1H3/b14-10+. The summed E-state index contributed by atoms with van der Waals surface area (Å²) in [5.74, 6) is -0.313. The average molecular weight is 249 g/mol. The first-order chi connectivity index (χ1) is 8.63. The third kappa shape index (κ3) is 2.27. The topological polar surface area (TPSA) is 86.0 Å². The quantitative estimate of drug-likeness (QED) is 0.576. The predicted molar refractivity (Wildman–Crippen MR) is 64.8 cm³/mol. The summed E-state index contributed by atoms with van der Waals surface area (Å²) in [7, 11) is 0. The van der Waals surface area contributed by atoms with Crippen LogP contribution in [0.4, 0.5) is 0 Å². The first-order valence-electron chi connectivity index (χ1n) is 5.76. The number of piperidine rings is 1. The highest BCUT2D eigenvalue weighted by molar-refractivity contribution is 5.98. The third-order valence-corrected chi connectivity index (χ3v) is 3.15. The SMILES string of the molecule is CC1CN(C(=O)c2ccncc2O)CC/C1=N\O. The van der Waals surface area contributed by atoms with Crippen LogP contribution < -0.4 is 0 Å². The van der Waals surface area contributed by atoms with E-state index in [0.29, 0.717) is 25.2 Å². The molecular weight excluding hydrogens is 234 g/mol. The van der Waals surface area contributed by atoms with Crippen molar-refractivity contribution in [3.63, 3.8) is 0 Å². The summed E-state index contributed by atoms with van der Waals surface area (Å²) < 4.78 is 0. The number of hydrogen-bond acceptors (Lipinski definition) is 5. The van der Waals surface area contributed by atoms with Gasteiger partial charge in [0.15, 0.2) is 0 Å². The summed E-state index contributed by atoms with van der Waals surface area (Å²) in [6.07, 6.45) is 3.28. The van der Waals surface area contributed by atoms with Crippen molar-refractivity contribution < 1.29 is 15.1 Å². The Morgan fingerprint density at radius 2 is 2.39 bits per heavy atom.